The largest absolute Gasteiger partial charge is 0.465 e. The summed E-state index contributed by atoms with van der Waals surface area (Å²) in [5.74, 6) is -4.81. The second kappa shape index (κ2) is 17.4. The Morgan fingerprint density at radius 1 is 0.871 bits per heavy atom. The Balaban J connectivity index is 0.950. The third-order valence-corrected chi connectivity index (χ3v) is 14.5. The number of imidazole rings is 1. The van der Waals surface area contributed by atoms with Gasteiger partial charge in [-0.3, -0.25) is 14.2 Å². The quantitative estimate of drug-likeness (QED) is 0.0956. The number of H-pyrrole nitrogens is 1. The van der Waals surface area contributed by atoms with Gasteiger partial charge in [0.15, 0.2) is 5.82 Å². The zero-order valence-corrected chi connectivity index (χ0v) is 39.4. The molecule has 10 rings (SSSR count). The summed E-state index contributed by atoms with van der Waals surface area (Å²) in [6.45, 7) is 6.05. The van der Waals surface area contributed by atoms with Crippen LogP contribution >= 0.6 is 0 Å². The number of likely N-dealkylation sites (tertiary alicyclic amines) is 2. The molecule has 70 heavy (non-hydrogen) atoms. The van der Waals surface area contributed by atoms with Gasteiger partial charge in [-0.2, -0.15) is 0 Å². The van der Waals surface area contributed by atoms with Crippen molar-refractivity contribution in [1.82, 2.24) is 40.3 Å². The number of aromatic amines is 1. The number of nitrogens with zero attached hydrogens (tertiary/aromatic N) is 4. The van der Waals surface area contributed by atoms with Crippen molar-refractivity contribution in [2.45, 2.75) is 95.0 Å². The van der Waals surface area contributed by atoms with Gasteiger partial charge < -0.3 is 44.9 Å². The summed E-state index contributed by atoms with van der Waals surface area (Å²) in [5.41, 5.74) is 3.73. The van der Waals surface area contributed by atoms with E-state index >= 15 is 17.6 Å². The normalized spacial score (nSPS) is 24.8. The number of aromatic nitrogens is 3. The summed E-state index contributed by atoms with van der Waals surface area (Å²) >= 11 is 0. The third-order valence-electron chi connectivity index (χ3n) is 14.5. The molecule has 1 saturated carbocycles. The first-order valence-electron chi connectivity index (χ1n) is 23.5. The smallest absolute Gasteiger partial charge is 0.407 e. The van der Waals surface area contributed by atoms with Crippen molar-refractivity contribution in [3.63, 3.8) is 0 Å². The number of ether oxygens (including phenoxy) is 3. The number of amides is 4. The molecule has 3 fully saturated rings. The maximum atomic E-state index is 17.3. The van der Waals surface area contributed by atoms with Crippen molar-refractivity contribution in [2.75, 3.05) is 27.3 Å². The topological polar surface area (TPSA) is 172 Å². The van der Waals surface area contributed by atoms with Gasteiger partial charge in [0.1, 0.15) is 29.8 Å². The van der Waals surface area contributed by atoms with Crippen LogP contribution in [0.4, 0.5) is 27.2 Å². The average Bonchev–Trinajstić information content (AvgIpc) is 3.94. The summed E-state index contributed by atoms with van der Waals surface area (Å²) in [6.07, 6.45) is -0.167. The molecule has 0 radical (unpaired) electrons. The summed E-state index contributed by atoms with van der Waals surface area (Å²) in [6, 6.07) is 16.5. The van der Waals surface area contributed by atoms with Gasteiger partial charge in [0.05, 0.1) is 68.0 Å². The molecule has 4 amide bonds. The van der Waals surface area contributed by atoms with Crippen LogP contribution in [0.1, 0.15) is 76.2 Å². The van der Waals surface area contributed by atoms with E-state index in [1.165, 1.54) is 24.0 Å². The van der Waals surface area contributed by atoms with Crippen molar-refractivity contribution in [3.8, 4) is 28.3 Å². The lowest BCUT2D eigenvalue weighted by Gasteiger charge is -2.35. The maximum absolute atomic E-state index is 17.3. The van der Waals surface area contributed by atoms with E-state index < -0.39 is 96.7 Å². The predicted octanol–water partition coefficient (Wildman–Crippen LogP) is 8.09. The van der Waals surface area contributed by atoms with Gasteiger partial charge in [0, 0.05) is 52.1 Å². The second-order valence-corrected chi connectivity index (χ2v) is 19.7. The van der Waals surface area contributed by atoms with Crippen LogP contribution in [-0.2, 0) is 19.1 Å². The molecule has 19 heteroatoms. The first-order valence-corrected chi connectivity index (χ1v) is 23.5. The Kier molecular flexibility index (Phi) is 11.6. The Morgan fingerprint density at radius 3 is 2.21 bits per heavy atom. The highest BCUT2D eigenvalue weighted by atomic mass is 19.3. The lowest BCUT2D eigenvalue weighted by Crippen LogP contribution is -2.57. The minimum absolute atomic E-state index is 0.00601. The molecule has 4 N–H and O–H groups in total. The number of alkyl carbamates (subject to hydrolysis) is 2. The first-order chi connectivity index (χ1) is 33.4. The van der Waals surface area contributed by atoms with E-state index in [-0.39, 0.29) is 24.8 Å². The fraction of sp³-hybridized carbons (Fsp3) is 0.431. The number of hydrogen-bond donors (Lipinski definition) is 4. The number of rotatable bonds is 11. The van der Waals surface area contributed by atoms with Crippen LogP contribution < -0.4 is 20.7 Å². The number of hydrogen-bond acceptors (Lipinski definition) is 9. The Labute approximate surface area is 400 Å². The van der Waals surface area contributed by atoms with E-state index in [0.29, 0.717) is 62.7 Å². The van der Waals surface area contributed by atoms with Crippen LogP contribution in [0.2, 0.25) is 0 Å². The molecule has 8 atom stereocenters. The molecule has 2 aromatic heterocycles. The molecular formula is C51H54F4N8O7. The Bertz CT molecular complexity index is 2940. The number of halogens is 4. The van der Waals surface area contributed by atoms with Gasteiger partial charge in [-0.05, 0) is 42.5 Å². The summed E-state index contributed by atoms with van der Waals surface area (Å²) in [5, 5.41) is 8.94. The molecule has 1 aliphatic carbocycles. The number of methoxy groups -OCH3 is 2. The van der Waals surface area contributed by atoms with Gasteiger partial charge >= 0.3 is 12.2 Å². The van der Waals surface area contributed by atoms with Gasteiger partial charge in [-0.15, -0.1) is 0 Å². The SMILES string of the molecule is COC(=O)NC(C(=O)N1CC(F)(F)C[C@H]1C12CC1C=C(c1ccc3c(c1)OC(c1ccccc1)n1c-3c(F)c3cc(-c4cnc([C@@H]5C[C@@H](F)CN5C(=O)C(NC(=O)OC)C(C)C)[nH]4)ccc31)N2)C(C)C. The number of carbonyl (C=O) groups excluding carboxylic acids is 4. The fourth-order valence-electron chi connectivity index (χ4n) is 10.9. The zero-order valence-electron chi connectivity index (χ0n) is 39.4. The van der Waals surface area contributed by atoms with Crippen LogP contribution in [-0.4, -0.2) is 111 Å². The van der Waals surface area contributed by atoms with E-state index in [4.69, 9.17) is 14.2 Å². The number of carbonyl (C=O) groups is 4. The number of fused-ring (bicyclic) bond motifs is 6. The minimum Gasteiger partial charge on any atom is -0.465 e. The van der Waals surface area contributed by atoms with Crippen molar-refractivity contribution in [3.05, 3.63) is 102 Å². The van der Waals surface area contributed by atoms with Gasteiger partial charge in [0.25, 0.3) is 5.92 Å². The number of alkyl halides is 3. The highest BCUT2D eigenvalue weighted by molar-refractivity contribution is 5.94. The summed E-state index contributed by atoms with van der Waals surface area (Å²) in [7, 11) is 2.37. The van der Waals surface area contributed by atoms with Gasteiger partial charge in [-0.25, -0.2) is 32.1 Å². The lowest BCUT2D eigenvalue weighted by atomic mass is 9.98. The van der Waals surface area contributed by atoms with E-state index in [2.05, 4.69) is 25.9 Å². The van der Waals surface area contributed by atoms with E-state index in [1.54, 1.807) is 52.1 Å². The van der Waals surface area contributed by atoms with E-state index in [9.17, 15) is 19.2 Å². The monoisotopic (exact) mass is 966 g/mol. The van der Waals surface area contributed by atoms with Crippen LogP contribution in [0.25, 0.3) is 39.1 Å². The highest BCUT2D eigenvalue weighted by Crippen LogP contribution is 2.59. The summed E-state index contributed by atoms with van der Waals surface area (Å²) < 4.78 is 81.1. The van der Waals surface area contributed by atoms with Gasteiger partial charge in [0.2, 0.25) is 18.0 Å². The van der Waals surface area contributed by atoms with Crippen molar-refractivity contribution in [1.29, 1.82) is 0 Å². The second-order valence-electron chi connectivity index (χ2n) is 19.7. The van der Waals surface area contributed by atoms with Crippen LogP contribution in [0.15, 0.2) is 79.0 Å². The number of nitrogens with one attached hydrogen (secondary N) is 4. The number of benzene rings is 3. The molecule has 2 saturated heterocycles. The van der Waals surface area contributed by atoms with Crippen LogP contribution in [0.3, 0.4) is 0 Å². The minimum atomic E-state index is -3.14. The third kappa shape index (κ3) is 7.95. The summed E-state index contributed by atoms with van der Waals surface area (Å²) in [4.78, 5) is 62.4. The van der Waals surface area contributed by atoms with Gasteiger partial charge in [-0.1, -0.05) is 76.2 Å². The zero-order chi connectivity index (χ0) is 49.6. The molecule has 5 unspecified atom stereocenters. The molecule has 368 valence electrons. The Morgan fingerprint density at radius 2 is 1.54 bits per heavy atom. The fourth-order valence-corrected chi connectivity index (χ4v) is 10.9. The maximum Gasteiger partial charge on any atom is 0.407 e. The van der Waals surface area contributed by atoms with Crippen LogP contribution in [0.5, 0.6) is 5.75 Å². The predicted molar refractivity (Wildman–Crippen MR) is 249 cm³/mol. The molecule has 15 nitrogen and oxygen atoms in total. The van der Waals surface area contributed by atoms with Crippen molar-refractivity contribution < 1.29 is 51.0 Å². The average molecular weight is 967 g/mol. The lowest BCUT2D eigenvalue weighted by molar-refractivity contribution is -0.137. The standard InChI is InChI=1S/C51H54F4N8O7/c1-25(2)41(58-48(66)68-5)45(64)61-23-31(52)19-37(61)44-56-22-35(57-44)28-13-15-36-33(16-28)40(53)43-32-14-12-29(17-38(32)70-47(63(36)43)27-10-8-7-9-11-27)34-18-30-20-51(30,60-34)39-21-50(54,55)24-62(39)46(65)42(26(3)4)59-49(67)69-6/h7-18,22,25-26,30-31,37,39,41-42,47,60H,19-21,23-24H2,1-6H3,(H,56,57)(H,58,66)(H,59,67)/t30?,31-,37+,39+,41?,42?,47?,51?/m1/s1. The molecule has 3 aromatic carbocycles. The first kappa shape index (κ1) is 46.7. The molecule has 6 heterocycles. The highest BCUT2D eigenvalue weighted by Gasteiger charge is 2.68. The van der Waals surface area contributed by atoms with Crippen molar-refractivity contribution >= 4 is 40.6 Å². The van der Waals surface area contributed by atoms with Crippen molar-refractivity contribution in [2.24, 2.45) is 17.8 Å². The Hall–Kier alpha value is -7.05. The molecule has 5 aromatic rings. The van der Waals surface area contributed by atoms with E-state index in [1.807, 2.05) is 59.2 Å². The molecule has 5 aliphatic rings. The van der Waals surface area contributed by atoms with Crippen LogP contribution in [0, 0.1) is 23.6 Å². The van der Waals surface area contributed by atoms with E-state index in [0.717, 1.165) is 5.56 Å². The molecule has 0 spiro atoms. The molecule has 4 aliphatic heterocycles. The molecular weight excluding hydrogens is 913 g/mol. The molecule has 0 bridgehead atoms.